The molecule has 1 aliphatic rings. The van der Waals surface area contributed by atoms with Gasteiger partial charge in [-0.15, -0.1) is 0 Å². The molecule has 2 unspecified atom stereocenters. The maximum Gasteiger partial charge on any atom is 0.347 e. The lowest BCUT2D eigenvalue weighted by Crippen LogP contribution is -2.44. The number of piperidine rings is 1. The molecule has 1 aliphatic heterocycles. The predicted octanol–water partition coefficient (Wildman–Crippen LogP) is 1.56. The van der Waals surface area contributed by atoms with Gasteiger partial charge in [-0.25, -0.2) is 0 Å². The summed E-state index contributed by atoms with van der Waals surface area (Å²) in [4.78, 5) is 42.9. The number of likely N-dealkylation sites (tertiary alicyclic amines) is 1. The van der Waals surface area contributed by atoms with Gasteiger partial charge in [0.05, 0.1) is 0 Å². The van der Waals surface area contributed by atoms with Crippen LogP contribution in [0.2, 0.25) is 0 Å². The van der Waals surface area contributed by atoms with Gasteiger partial charge in [-0.3, -0.25) is 14.2 Å². The van der Waals surface area contributed by atoms with Crippen molar-refractivity contribution in [3.63, 3.8) is 0 Å². The Morgan fingerprint density at radius 3 is 2.58 bits per heavy atom. The smallest absolute Gasteiger partial charge is 0.328 e. The summed E-state index contributed by atoms with van der Waals surface area (Å²) in [6.45, 7) is 3.58. The van der Waals surface area contributed by atoms with Crippen LogP contribution in [0.4, 0.5) is 0 Å². The molecule has 1 amide bonds. The highest BCUT2D eigenvalue weighted by Crippen LogP contribution is 2.47. The Kier molecular flexibility index (Phi) is 6.05. The van der Waals surface area contributed by atoms with Crippen LogP contribution >= 0.6 is 19.4 Å². The minimum absolute atomic E-state index is 0.0644. The molecule has 0 spiro atoms. The third kappa shape index (κ3) is 5.26. The van der Waals surface area contributed by atoms with Gasteiger partial charge >= 0.3 is 7.60 Å². The Hall–Kier alpha value is -0.360. The normalized spacial score (nSPS) is 22.1. The molecule has 2 atom stereocenters. The molecule has 0 aromatic rings. The van der Waals surface area contributed by atoms with Crippen LogP contribution in [0.15, 0.2) is 0 Å². The second kappa shape index (κ2) is 6.88. The molecule has 0 aliphatic carbocycles. The second-order valence-electron chi connectivity index (χ2n) is 4.78. The van der Waals surface area contributed by atoms with Gasteiger partial charge in [-0.05, 0) is 19.3 Å². The molecule has 0 bridgehead atoms. The van der Waals surface area contributed by atoms with Crippen molar-refractivity contribution in [2.45, 2.75) is 50.6 Å². The van der Waals surface area contributed by atoms with Crippen molar-refractivity contribution in [3.05, 3.63) is 0 Å². The number of hydrogen-bond donors (Lipinski definition) is 2. The molecular formula is C11H20NO5PS. The molecular weight excluding hydrogens is 289 g/mol. The summed E-state index contributed by atoms with van der Waals surface area (Å²) in [6.07, 6.45) is 1.94. The van der Waals surface area contributed by atoms with Crippen molar-refractivity contribution in [1.82, 2.24) is 4.90 Å². The topological polar surface area (TPSA) is 94.9 Å². The van der Waals surface area contributed by atoms with Gasteiger partial charge in [0, 0.05) is 25.1 Å². The number of rotatable bonds is 4. The van der Waals surface area contributed by atoms with Gasteiger partial charge in [-0.1, -0.05) is 18.7 Å². The number of thioether (sulfide) groups is 1. The number of hydrogen-bond acceptors (Lipinski definition) is 4. The average Bonchev–Trinajstić information content (AvgIpc) is 2.26. The van der Waals surface area contributed by atoms with E-state index in [1.165, 1.54) is 11.8 Å². The zero-order valence-electron chi connectivity index (χ0n) is 11.1. The van der Waals surface area contributed by atoms with Gasteiger partial charge < -0.3 is 14.7 Å². The Morgan fingerprint density at radius 2 is 2.05 bits per heavy atom. The highest BCUT2D eigenvalue weighted by atomic mass is 32.2. The van der Waals surface area contributed by atoms with Crippen LogP contribution in [0.5, 0.6) is 0 Å². The van der Waals surface area contributed by atoms with Crippen molar-refractivity contribution in [2.75, 3.05) is 6.54 Å². The average molecular weight is 309 g/mol. The maximum absolute atomic E-state index is 12.1. The van der Waals surface area contributed by atoms with Crippen molar-refractivity contribution in [2.24, 2.45) is 0 Å². The lowest BCUT2D eigenvalue weighted by Gasteiger charge is -2.36. The summed E-state index contributed by atoms with van der Waals surface area (Å²) >= 11 is 1.08. The van der Waals surface area contributed by atoms with E-state index in [1.54, 1.807) is 6.92 Å². The summed E-state index contributed by atoms with van der Waals surface area (Å²) in [5.74, 6) is -1.28. The zero-order chi connectivity index (χ0) is 14.6. The SMILES string of the molecule is CC(=O)SC(C)CC(=O)N1CCCCC1P(=O)(O)O. The van der Waals surface area contributed by atoms with E-state index in [4.69, 9.17) is 0 Å². The highest BCUT2D eigenvalue weighted by molar-refractivity contribution is 8.14. The van der Waals surface area contributed by atoms with Crippen molar-refractivity contribution in [3.8, 4) is 0 Å². The fraction of sp³-hybridized carbons (Fsp3) is 0.818. The summed E-state index contributed by atoms with van der Waals surface area (Å²) in [7, 11) is -4.29. The van der Waals surface area contributed by atoms with Gasteiger partial charge in [0.1, 0.15) is 5.78 Å². The predicted molar refractivity (Wildman–Crippen MR) is 73.7 cm³/mol. The molecule has 1 heterocycles. The van der Waals surface area contributed by atoms with Crippen molar-refractivity contribution >= 4 is 30.4 Å². The summed E-state index contributed by atoms with van der Waals surface area (Å²) in [5, 5.41) is -0.241. The van der Waals surface area contributed by atoms with Crippen molar-refractivity contribution in [1.29, 1.82) is 0 Å². The molecule has 0 saturated carbocycles. The first-order valence-electron chi connectivity index (χ1n) is 6.23. The molecule has 0 radical (unpaired) electrons. The van der Waals surface area contributed by atoms with E-state index in [1.807, 2.05) is 0 Å². The van der Waals surface area contributed by atoms with E-state index in [2.05, 4.69) is 0 Å². The van der Waals surface area contributed by atoms with Crippen LogP contribution < -0.4 is 0 Å². The van der Waals surface area contributed by atoms with Crippen LogP contribution in [-0.4, -0.2) is 43.3 Å². The Labute approximate surface area is 117 Å². The van der Waals surface area contributed by atoms with E-state index in [-0.39, 0.29) is 22.7 Å². The largest absolute Gasteiger partial charge is 0.347 e. The molecule has 8 heteroatoms. The lowest BCUT2D eigenvalue weighted by molar-refractivity contribution is -0.133. The molecule has 110 valence electrons. The van der Waals surface area contributed by atoms with Gasteiger partial charge in [0.2, 0.25) is 5.91 Å². The number of nitrogens with zero attached hydrogens (tertiary/aromatic N) is 1. The zero-order valence-corrected chi connectivity index (χ0v) is 12.8. The van der Waals surface area contributed by atoms with Crippen LogP contribution in [-0.2, 0) is 14.2 Å². The van der Waals surface area contributed by atoms with Crippen LogP contribution in [0.3, 0.4) is 0 Å². The Balaban J connectivity index is 2.67. The van der Waals surface area contributed by atoms with E-state index in [0.717, 1.165) is 24.6 Å². The number of carbonyl (C=O) groups excluding carboxylic acids is 2. The maximum atomic E-state index is 12.1. The monoisotopic (exact) mass is 309 g/mol. The minimum atomic E-state index is -4.29. The van der Waals surface area contributed by atoms with Crippen molar-refractivity contribution < 1.29 is 23.9 Å². The summed E-state index contributed by atoms with van der Waals surface area (Å²) in [5.41, 5.74) is 0. The fourth-order valence-electron chi connectivity index (χ4n) is 2.24. The summed E-state index contributed by atoms with van der Waals surface area (Å²) < 4.78 is 11.4. The highest BCUT2D eigenvalue weighted by Gasteiger charge is 2.38. The molecule has 1 saturated heterocycles. The van der Waals surface area contributed by atoms with Crippen LogP contribution in [0.25, 0.3) is 0 Å². The van der Waals surface area contributed by atoms with Crippen LogP contribution in [0, 0.1) is 0 Å². The number of carbonyl (C=O) groups is 2. The molecule has 1 fully saturated rings. The molecule has 6 nitrogen and oxygen atoms in total. The first-order valence-corrected chi connectivity index (χ1v) is 8.80. The van der Waals surface area contributed by atoms with Gasteiger partial charge in [-0.2, -0.15) is 0 Å². The standard InChI is InChI=1S/C11H20NO5PS/c1-8(19-9(2)13)7-10(14)12-6-4-3-5-11(12)18(15,16)17/h8,11H,3-7H2,1-2H3,(H2,15,16,17). The molecule has 1 rings (SSSR count). The molecule has 0 aromatic heterocycles. The second-order valence-corrected chi connectivity index (χ2v) is 8.17. The van der Waals surface area contributed by atoms with E-state index >= 15 is 0 Å². The Bertz CT molecular complexity index is 397. The van der Waals surface area contributed by atoms with Crippen LogP contribution in [0.1, 0.15) is 39.5 Å². The quantitative estimate of drug-likeness (QED) is 0.765. The third-order valence-corrected chi connectivity index (χ3v) is 5.22. The van der Waals surface area contributed by atoms with Gasteiger partial charge in [0.15, 0.2) is 5.12 Å². The lowest BCUT2D eigenvalue weighted by atomic mass is 10.1. The summed E-state index contributed by atoms with van der Waals surface area (Å²) in [6, 6.07) is 0. The number of amides is 1. The minimum Gasteiger partial charge on any atom is -0.328 e. The molecule has 19 heavy (non-hydrogen) atoms. The van der Waals surface area contributed by atoms with Gasteiger partial charge in [0.25, 0.3) is 0 Å². The third-order valence-electron chi connectivity index (χ3n) is 3.01. The first-order chi connectivity index (χ1) is 8.71. The van der Waals surface area contributed by atoms with E-state index in [0.29, 0.717) is 13.0 Å². The fourth-order valence-corrected chi connectivity index (χ4v) is 4.16. The van der Waals surface area contributed by atoms with E-state index in [9.17, 15) is 23.9 Å². The first kappa shape index (κ1) is 16.7. The Morgan fingerprint density at radius 1 is 1.42 bits per heavy atom. The molecule has 0 aromatic carbocycles. The van der Waals surface area contributed by atoms with E-state index < -0.39 is 13.4 Å². The molecule has 2 N–H and O–H groups in total.